The van der Waals surface area contributed by atoms with Gasteiger partial charge in [0.15, 0.2) is 0 Å². The molecule has 0 aliphatic heterocycles. The predicted octanol–water partition coefficient (Wildman–Crippen LogP) is 10.9. The average Bonchev–Trinajstić information content (AvgIpc) is 3.84. The average molecular weight is 1070 g/mol. The topological polar surface area (TPSA) is 223 Å². The number of aromatic amines is 1. The van der Waals surface area contributed by atoms with Gasteiger partial charge >= 0.3 is 11.9 Å². The van der Waals surface area contributed by atoms with Crippen molar-refractivity contribution in [3.8, 4) is 33.4 Å². The van der Waals surface area contributed by atoms with Crippen LogP contribution in [0.4, 0.5) is 0 Å². The Bertz CT molecular complexity index is 3410. The van der Waals surface area contributed by atoms with Crippen LogP contribution in [0.2, 0.25) is 0 Å². The minimum absolute atomic E-state index is 0.0170. The molecule has 8 rings (SSSR count). The Hall–Kier alpha value is -7.66. The van der Waals surface area contributed by atoms with Gasteiger partial charge in [-0.2, -0.15) is 0 Å². The predicted molar refractivity (Wildman–Crippen MR) is 303 cm³/mol. The van der Waals surface area contributed by atoms with E-state index in [1.165, 1.54) is 6.92 Å². The maximum atomic E-state index is 14.2. The molecule has 0 fully saturated rings. The number of carbonyl (C=O) groups excluding carboxylic acids is 2. The molecular weight excluding hydrogens is 1010 g/mol. The second kappa shape index (κ2) is 25.5. The monoisotopic (exact) mass is 1070 g/mol. The summed E-state index contributed by atoms with van der Waals surface area (Å²) in [6.07, 6.45) is 2.01. The summed E-state index contributed by atoms with van der Waals surface area (Å²) >= 11 is 0. The van der Waals surface area contributed by atoms with Crippen molar-refractivity contribution in [2.24, 2.45) is 11.8 Å². The quantitative estimate of drug-likeness (QED) is 0.0268. The Kier molecular flexibility index (Phi) is 18.4. The fourth-order valence-electron chi connectivity index (χ4n) is 9.63. The molecule has 2 amide bonds. The Morgan fingerprint density at radius 1 is 0.481 bits per heavy atom. The zero-order chi connectivity index (χ0) is 54.5. The number of carboxylic acids is 2. The Balaban J connectivity index is 0.947. The van der Waals surface area contributed by atoms with Crippen LogP contribution < -0.4 is 10.6 Å². The van der Waals surface area contributed by atoms with Crippen LogP contribution in [0.5, 0.6) is 0 Å². The van der Waals surface area contributed by atoms with E-state index in [0.717, 1.165) is 66.5 Å². The van der Waals surface area contributed by atoms with E-state index in [0.29, 0.717) is 18.4 Å². The van der Waals surface area contributed by atoms with Crippen molar-refractivity contribution in [2.75, 3.05) is 24.6 Å². The third-order valence-corrected chi connectivity index (χ3v) is 17.8. The molecule has 7 aromatic carbocycles. The first kappa shape index (κ1) is 55.6. The standard InChI is InChI=1S/C62H63N3O10P2/c1-42(61(68)69)64-59(66)54(40-76(72,73)32-30-43-12-5-2-6-13-43)34-46-22-26-49(27-23-46)50-18-11-19-51(36-50)52-28-29-56-53(39-63-57(56)37-52)38-58(62(70)71)65-60(67)55(41-77(74,75)33-31-44-14-7-3-8-15-44)35-45-20-24-48(25-21-45)47-16-9-4-10-17-47/h2-29,36-37,39,42,54-55,58,63H,30-35,38,40-41H2,1H3,(H,64,66)(H,65,67)(H,68,69)(H,70,71)(H,72,73)(H,74,75)/t42-,54+,55-,58-/m0/s1. The lowest BCUT2D eigenvalue weighted by Crippen LogP contribution is -2.46. The Labute approximate surface area is 448 Å². The lowest BCUT2D eigenvalue weighted by atomic mass is 9.95. The minimum atomic E-state index is -3.86. The number of aliphatic carboxylic acids is 2. The van der Waals surface area contributed by atoms with E-state index in [2.05, 4.69) is 15.6 Å². The van der Waals surface area contributed by atoms with Gasteiger partial charge in [-0.05, 0) is 106 Å². The van der Waals surface area contributed by atoms with Crippen molar-refractivity contribution >= 4 is 49.4 Å². The molecule has 0 saturated carbocycles. The molecule has 8 aromatic rings. The van der Waals surface area contributed by atoms with E-state index in [-0.39, 0.29) is 43.9 Å². The molecule has 0 bridgehead atoms. The van der Waals surface area contributed by atoms with E-state index in [1.807, 2.05) is 182 Å². The number of hydrogen-bond donors (Lipinski definition) is 7. The van der Waals surface area contributed by atoms with Crippen LogP contribution in [-0.2, 0) is 60.4 Å². The molecule has 1 heterocycles. The lowest BCUT2D eigenvalue weighted by molar-refractivity contribution is -0.142. The number of carbonyl (C=O) groups is 4. The SMILES string of the molecule is C[C@H](NC(=O)[C@H](Cc1ccc(-c2cccc(-c3ccc4c(C[C@H](NC(=O)[C@@H](Cc5ccc(-c6ccccc6)cc5)CP(=O)(O)CCc5ccccc5)C(=O)O)c[nH]c4c3)c2)cc1)CP(=O)(O)CCc1ccccc1)C(=O)O. The van der Waals surface area contributed by atoms with Gasteiger partial charge in [0, 0.05) is 48.2 Å². The molecule has 0 radical (unpaired) electrons. The Morgan fingerprint density at radius 3 is 1.42 bits per heavy atom. The zero-order valence-electron chi connectivity index (χ0n) is 42.7. The van der Waals surface area contributed by atoms with Gasteiger partial charge in [-0.3, -0.25) is 23.5 Å². The molecule has 6 atom stereocenters. The summed E-state index contributed by atoms with van der Waals surface area (Å²) in [5, 5.41) is 25.9. The number of carboxylic acid groups (broad SMARTS) is 2. The van der Waals surface area contributed by atoms with Crippen LogP contribution in [-0.4, -0.2) is 85.5 Å². The van der Waals surface area contributed by atoms with Gasteiger partial charge in [0.05, 0.1) is 11.8 Å². The molecule has 13 nitrogen and oxygen atoms in total. The number of fused-ring (bicyclic) bond motifs is 1. The van der Waals surface area contributed by atoms with E-state index < -0.39 is 62.4 Å². The molecule has 15 heteroatoms. The van der Waals surface area contributed by atoms with E-state index >= 15 is 0 Å². The Morgan fingerprint density at radius 2 is 0.909 bits per heavy atom. The van der Waals surface area contributed by atoms with Crippen LogP contribution in [0.25, 0.3) is 44.3 Å². The number of H-pyrrole nitrogens is 1. The van der Waals surface area contributed by atoms with Crippen molar-refractivity contribution in [3.63, 3.8) is 0 Å². The highest BCUT2D eigenvalue weighted by Crippen LogP contribution is 2.45. The van der Waals surface area contributed by atoms with Crippen LogP contribution in [0, 0.1) is 11.8 Å². The summed E-state index contributed by atoms with van der Waals surface area (Å²) in [5.74, 6) is -5.60. The normalized spacial score (nSPS) is 14.5. The summed E-state index contributed by atoms with van der Waals surface area (Å²) < 4.78 is 27.2. The smallest absolute Gasteiger partial charge is 0.326 e. The molecule has 0 aliphatic rings. The van der Waals surface area contributed by atoms with Crippen molar-refractivity contribution in [3.05, 3.63) is 216 Å². The van der Waals surface area contributed by atoms with Gasteiger partial charge in [-0.1, -0.05) is 170 Å². The summed E-state index contributed by atoms with van der Waals surface area (Å²) in [6.45, 7) is 1.35. The molecule has 7 N–H and O–H groups in total. The molecular formula is C62H63N3O10P2. The third kappa shape index (κ3) is 15.7. The summed E-state index contributed by atoms with van der Waals surface area (Å²) in [4.78, 5) is 77.6. The lowest BCUT2D eigenvalue weighted by Gasteiger charge is -2.23. The molecule has 1 aromatic heterocycles. The fourth-order valence-corrected chi connectivity index (χ4v) is 13.2. The van der Waals surface area contributed by atoms with Crippen LogP contribution >= 0.6 is 14.7 Å². The number of aromatic nitrogens is 1. The molecule has 0 aliphatic carbocycles. The summed E-state index contributed by atoms with van der Waals surface area (Å²) in [7, 11) is -7.65. The zero-order valence-corrected chi connectivity index (χ0v) is 44.5. The van der Waals surface area contributed by atoms with E-state index in [4.69, 9.17) is 0 Å². The summed E-state index contributed by atoms with van der Waals surface area (Å²) in [6, 6.07) is 55.0. The fraction of sp³-hybridized carbons (Fsp3) is 0.226. The first-order chi connectivity index (χ1) is 37.0. The molecule has 396 valence electrons. The highest BCUT2D eigenvalue weighted by atomic mass is 31.2. The number of aryl methyl sites for hydroxylation is 2. The van der Waals surface area contributed by atoms with Crippen LogP contribution in [0.3, 0.4) is 0 Å². The first-order valence-corrected chi connectivity index (χ1v) is 29.7. The van der Waals surface area contributed by atoms with Gasteiger partial charge in [-0.15, -0.1) is 0 Å². The number of hydrogen-bond acceptors (Lipinski definition) is 6. The van der Waals surface area contributed by atoms with Crippen LogP contribution in [0.15, 0.2) is 188 Å². The van der Waals surface area contributed by atoms with Gasteiger partial charge < -0.3 is 35.6 Å². The van der Waals surface area contributed by atoms with Crippen molar-refractivity contribution in [1.29, 1.82) is 0 Å². The first-order valence-electron chi connectivity index (χ1n) is 25.7. The largest absolute Gasteiger partial charge is 0.480 e. The maximum Gasteiger partial charge on any atom is 0.326 e. The van der Waals surface area contributed by atoms with Gasteiger partial charge in [-0.25, -0.2) is 4.79 Å². The second-order valence-corrected chi connectivity index (χ2v) is 24.9. The molecule has 77 heavy (non-hydrogen) atoms. The molecule has 0 saturated heterocycles. The van der Waals surface area contributed by atoms with Gasteiger partial charge in [0.2, 0.25) is 26.6 Å². The molecule has 0 spiro atoms. The number of rotatable bonds is 25. The van der Waals surface area contributed by atoms with E-state index in [9.17, 15) is 48.3 Å². The minimum Gasteiger partial charge on any atom is -0.480 e. The second-order valence-electron chi connectivity index (χ2n) is 19.9. The van der Waals surface area contributed by atoms with Crippen molar-refractivity contribution in [2.45, 2.75) is 51.1 Å². The van der Waals surface area contributed by atoms with Gasteiger partial charge in [0.1, 0.15) is 12.1 Å². The number of amides is 2. The third-order valence-electron chi connectivity index (χ3n) is 14.0. The van der Waals surface area contributed by atoms with Crippen LogP contribution in [0.1, 0.15) is 34.7 Å². The highest BCUT2D eigenvalue weighted by molar-refractivity contribution is 7.58. The van der Waals surface area contributed by atoms with Crippen molar-refractivity contribution in [1.82, 2.24) is 15.6 Å². The maximum absolute atomic E-state index is 14.2. The summed E-state index contributed by atoms with van der Waals surface area (Å²) in [5.41, 5.74) is 10.3. The molecule has 2 unspecified atom stereocenters. The van der Waals surface area contributed by atoms with Gasteiger partial charge in [0.25, 0.3) is 0 Å². The number of benzene rings is 7. The van der Waals surface area contributed by atoms with Crippen molar-refractivity contribution < 1.29 is 48.3 Å². The number of nitrogens with one attached hydrogen (secondary N) is 3. The highest BCUT2D eigenvalue weighted by Gasteiger charge is 2.33. The van der Waals surface area contributed by atoms with E-state index in [1.54, 1.807) is 6.20 Å².